The molecule has 0 saturated heterocycles. The number of anilines is 1. The molecule has 0 spiro atoms. The number of carbonyl (C=O) groups is 1. The van der Waals surface area contributed by atoms with E-state index in [9.17, 15) is 4.79 Å². The molecule has 0 saturated carbocycles. The molecule has 0 bridgehead atoms. The SMILES string of the molecule is Cc1ccc(Cn2cc(NC(=O)c3cccc(COc4cccc(Cl)c4Cl)c3)cn2)cc1. The van der Waals surface area contributed by atoms with Crippen molar-refractivity contribution in [1.82, 2.24) is 9.78 Å². The lowest BCUT2D eigenvalue weighted by molar-refractivity contribution is 0.102. The van der Waals surface area contributed by atoms with Crippen LogP contribution < -0.4 is 10.1 Å². The smallest absolute Gasteiger partial charge is 0.255 e. The molecule has 0 radical (unpaired) electrons. The first-order valence-corrected chi connectivity index (χ1v) is 10.8. The molecule has 4 aromatic rings. The van der Waals surface area contributed by atoms with E-state index in [-0.39, 0.29) is 12.5 Å². The van der Waals surface area contributed by atoms with Crippen molar-refractivity contribution in [3.05, 3.63) is 111 Å². The molecule has 0 atom stereocenters. The van der Waals surface area contributed by atoms with Gasteiger partial charge in [-0.3, -0.25) is 9.48 Å². The average Bonchev–Trinajstić information content (AvgIpc) is 3.23. The predicted octanol–water partition coefficient (Wildman–Crippen LogP) is 6.38. The summed E-state index contributed by atoms with van der Waals surface area (Å²) >= 11 is 12.2. The van der Waals surface area contributed by atoms with Gasteiger partial charge in [-0.1, -0.05) is 71.2 Å². The largest absolute Gasteiger partial charge is 0.487 e. The van der Waals surface area contributed by atoms with Crippen LogP contribution in [0, 0.1) is 6.92 Å². The number of halogens is 2. The predicted molar refractivity (Wildman–Crippen MR) is 128 cm³/mol. The maximum atomic E-state index is 12.7. The van der Waals surface area contributed by atoms with Crippen molar-refractivity contribution in [2.45, 2.75) is 20.1 Å². The van der Waals surface area contributed by atoms with Crippen LogP contribution >= 0.6 is 23.2 Å². The average molecular weight is 466 g/mol. The summed E-state index contributed by atoms with van der Waals surface area (Å²) in [4.78, 5) is 12.7. The lowest BCUT2D eigenvalue weighted by Gasteiger charge is -2.10. The van der Waals surface area contributed by atoms with Gasteiger partial charge >= 0.3 is 0 Å². The Morgan fingerprint density at radius 2 is 1.81 bits per heavy atom. The summed E-state index contributed by atoms with van der Waals surface area (Å²) in [6.45, 7) is 2.95. The Labute approximate surface area is 196 Å². The van der Waals surface area contributed by atoms with Crippen LogP contribution in [0.3, 0.4) is 0 Å². The fourth-order valence-corrected chi connectivity index (χ4v) is 3.50. The zero-order valence-corrected chi connectivity index (χ0v) is 18.9. The second-order valence-corrected chi connectivity index (χ2v) is 8.19. The summed E-state index contributed by atoms with van der Waals surface area (Å²) in [6.07, 6.45) is 3.45. The van der Waals surface area contributed by atoms with Crippen molar-refractivity contribution in [3.8, 4) is 5.75 Å². The molecule has 0 fully saturated rings. The number of nitrogens with zero attached hydrogens (tertiary/aromatic N) is 2. The number of benzene rings is 3. The van der Waals surface area contributed by atoms with Gasteiger partial charge < -0.3 is 10.1 Å². The van der Waals surface area contributed by atoms with Gasteiger partial charge in [0.25, 0.3) is 5.91 Å². The van der Waals surface area contributed by atoms with Crippen LogP contribution in [-0.2, 0) is 13.2 Å². The summed E-state index contributed by atoms with van der Waals surface area (Å²) < 4.78 is 7.55. The third-order valence-corrected chi connectivity index (χ3v) is 5.66. The van der Waals surface area contributed by atoms with E-state index in [1.54, 1.807) is 41.2 Å². The van der Waals surface area contributed by atoms with Gasteiger partial charge in [0.2, 0.25) is 0 Å². The molecule has 0 aliphatic heterocycles. The molecule has 0 aliphatic rings. The van der Waals surface area contributed by atoms with Crippen molar-refractivity contribution < 1.29 is 9.53 Å². The van der Waals surface area contributed by atoms with E-state index in [1.165, 1.54) is 5.56 Å². The van der Waals surface area contributed by atoms with Crippen LogP contribution in [0.15, 0.2) is 79.1 Å². The monoisotopic (exact) mass is 465 g/mol. The van der Waals surface area contributed by atoms with Crippen molar-refractivity contribution in [2.24, 2.45) is 0 Å². The lowest BCUT2D eigenvalue weighted by Crippen LogP contribution is -2.12. The third kappa shape index (κ3) is 5.49. The Hall–Kier alpha value is -3.28. The summed E-state index contributed by atoms with van der Waals surface area (Å²) in [7, 11) is 0. The number of aryl methyl sites for hydroxylation is 1. The van der Waals surface area contributed by atoms with Gasteiger partial charge in [-0.25, -0.2) is 0 Å². The maximum absolute atomic E-state index is 12.7. The number of aromatic nitrogens is 2. The minimum Gasteiger partial charge on any atom is -0.487 e. The quantitative estimate of drug-likeness (QED) is 0.344. The highest BCUT2D eigenvalue weighted by Gasteiger charge is 2.10. The van der Waals surface area contributed by atoms with Crippen LogP contribution in [0.5, 0.6) is 5.75 Å². The van der Waals surface area contributed by atoms with Crippen molar-refractivity contribution >= 4 is 34.8 Å². The molecule has 162 valence electrons. The zero-order valence-electron chi connectivity index (χ0n) is 17.4. The molecule has 7 heteroatoms. The van der Waals surface area contributed by atoms with Gasteiger partial charge in [-0.15, -0.1) is 0 Å². The zero-order chi connectivity index (χ0) is 22.5. The highest BCUT2D eigenvalue weighted by Crippen LogP contribution is 2.32. The number of rotatable bonds is 7. The lowest BCUT2D eigenvalue weighted by atomic mass is 10.1. The van der Waals surface area contributed by atoms with Gasteiger partial charge in [0.15, 0.2) is 0 Å². The molecule has 3 aromatic carbocycles. The van der Waals surface area contributed by atoms with Crippen LogP contribution in [0.2, 0.25) is 10.0 Å². The number of amides is 1. The molecule has 0 aliphatic carbocycles. The first-order chi connectivity index (χ1) is 15.5. The topological polar surface area (TPSA) is 56.2 Å². The summed E-state index contributed by atoms with van der Waals surface area (Å²) in [6, 6.07) is 20.7. The molecule has 0 unspecified atom stereocenters. The van der Waals surface area contributed by atoms with Gasteiger partial charge in [-0.2, -0.15) is 5.10 Å². The van der Waals surface area contributed by atoms with Crippen LogP contribution in [0.25, 0.3) is 0 Å². The number of ether oxygens (including phenoxy) is 1. The van der Waals surface area contributed by atoms with Gasteiger partial charge in [0.1, 0.15) is 17.4 Å². The second kappa shape index (κ2) is 9.90. The van der Waals surface area contributed by atoms with Crippen LogP contribution in [0.4, 0.5) is 5.69 Å². The molecule has 1 N–H and O–H groups in total. The normalized spacial score (nSPS) is 10.7. The molecule has 1 amide bonds. The second-order valence-electron chi connectivity index (χ2n) is 7.41. The Kier molecular flexibility index (Phi) is 6.78. The van der Waals surface area contributed by atoms with E-state index < -0.39 is 0 Å². The minimum absolute atomic E-state index is 0.220. The van der Waals surface area contributed by atoms with Gasteiger partial charge in [-0.05, 0) is 42.3 Å². The summed E-state index contributed by atoms with van der Waals surface area (Å²) in [5.41, 5.74) is 4.35. The number of hydrogen-bond donors (Lipinski definition) is 1. The van der Waals surface area contributed by atoms with Crippen LogP contribution in [-0.4, -0.2) is 15.7 Å². The highest BCUT2D eigenvalue weighted by atomic mass is 35.5. The number of nitrogens with one attached hydrogen (secondary N) is 1. The van der Waals surface area contributed by atoms with E-state index in [0.717, 1.165) is 11.1 Å². The Morgan fingerprint density at radius 3 is 2.62 bits per heavy atom. The minimum atomic E-state index is -0.220. The van der Waals surface area contributed by atoms with E-state index in [2.05, 4.69) is 41.6 Å². The first-order valence-electron chi connectivity index (χ1n) is 10.0. The van der Waals surface area contributed by atoms with E-state index in [1.807, 2.05) is 18.3 Å². The third-order valence-electron chi connectivity index (χ3n) is 4.86. The fraction of sp³-hybridized carbons (Fsp3) is 0.120. The standard InChI is InChI=1S/C25H21Cl2N3O2/c1-17-8-10-18(11-9-17)14-30-15-21(13-28-30)29-25(31)20-5-2-4-19(12-20)16-32-23-7-3-6-22(26)24(23)27/h2-13,15H,14,16H2,1H3,(H,29,31). The molecule has 1 aromatic heterocycles. The number of carbonyl (C=O) groups excluding carboxylic acids is 1. The Balaban J connectivity index is 1.38. The van der Waals surface area contributed by atoms with E-state index in [0.29, 0.717) is 33.6 Å². The first kappa shape index (κ1) is 21.9. The number of hydrogen-bond acceptors (Lipinski definition) is 3. The Bertz CT molecular complexity index is 1240. The molecule has 32 heavy (non-hydrogen) atoms. The van der Waals surface area contributed by atoms with Crippen molar-refractivity contribution in [1.29, 1.82) is 0 Å². The van der Waals surface area contributed by atoms with E-state index in [4.69, 9.17) is 27.9 Å². The molecular weight excluding hydrogens is 445 g/mol. The fourth-order valence-electron chi connectivity index (χ4n) is 3.16. The Morgan fingerprint density at radius 1 is 1.03 bits per heavy atom. The molecular formula is C25H21Cl2N3O2. The molecule has 4 rings (SSSR count). The van der Waals surface area contributed by atoms with Crippen molar-refractivity contribution in [3.63, 3.8) is 0 Å². The van der Waals surface area contributed by atoms with Crippen molar-refractivity contribution in [2.75, 3.05) is 5.32 Å². The van der Waals surface area contributed by atoms with E-state index >= 15 is 0 Å². The molecule has 5 nitrogen and oxygen atoms in total. The van der Waals surface area contributed by atoms with Crippen LogP contribution in [0.1, 0.15) is 27.0 Å². The summed E-state index contributed by atoms with van der Waals surface area (Å²) in [5.74, 6) is 0.275. The van der Waals surface area contributed by atoms with Gasteiger partial charge in [0, 0.05) is 11.8 Å². The van der Waals surface area contributed by atoms with Gasteiger partial charge in [0.05, 0.1) is 23.5 Å². The maximum Gasteiger partial charge on any atom is 0.255 e. The highest BCUT2D eigenvalue weighted by molar-refractivity contribution is 6.42. The molecule has 1 heterocycles. The summed E-state index contributed by atoms with van der Waals surface area (Å²) in [5, 5.41) is 8.02.